The molecule has 1 saturated carbocycles. The third kappa shape index (κ3) is 2.39. The van der Waals surface area contributed by atoms with Gasteiger partial charge in [0.1, 0.15) is 5.69 Å². The molecular formula is C15H17N3O2. The minimum atomic E-state index is -0.100. The van der Waals surface area contributed by atoms with E-state index in [0.29, 0.717) is 23.3 Å². The van der Waals surface area contributed by atoms with E-state index < -0.39 is 0 Å². The van der Waals surface area contributed by atoms with Crippen LogP contribution in [-0.2, 0) is 0 Å². The Bertz CT molecular complexity index is 644. The summed E-state index contributed by atoms with van der Waals surface area (Å²) in [5.41, 5.74) is 2.14. The molecule has 2 aromatic rings. The highest BCUT2D eigenvalue weighted by atomic mass is 16.5. The molecule has 2 aromatic heterocycles. The van der Waals surface area contributed by atoms with Crippen LogP contribution in [0.5, 0.6) is 5.88 Å². The molecule has 0 aliphatic heterocycles. The molecule has 2 heterocycles. The average molecular weight is 271 g/mol. The summed E-state index contributed by atoms with van der Waals surface area (Å²) < 4.78 is 7.10. The van der Waals surface area contributed by atoms with Gasteiger partial charge in [0.2, 0.25) is 5.88 Å². The van der Waals surface area contributed by atoms with Crippen molar-refractivity contribution < 1.29 is 9.53 Å². The van der Waals surface area contributed by atoms with Crippen molar-refractivity contribution in [2.24, 2.45) is 0 Å². The molecular weight excluding hydrogens is 254 g/mol. The predicted molar refractivity (Wildman–Crippen MR) is 76.2 cm³/mol. The molecule has 0 unspecified atom stereocenters. The molecule has 5 nitrogen and oxygen atoms in total. The zero-order chi connectivity index (χ0) is 14.1. The Morgan fingerprint density at radius 2 is 2.20 bits per heavy atom. The van der Waals surface area contributed by atoms with E-state index in [1.807, 2.05) is 35.9 Å². The number of pyridine rings is 1. The zero-order valence-electron chi connectivity index (χ0n) is 11.6. The highest BCUT2D eigenvalue weighted by Crippen LogP contribution is 2.36. The van der Waals surface area contributed by atoms with Crippen LogP contribution in [0.4, 0.5) is 5.69 Å². The summed E-state index contributed by atoms with van der Waals surface area (Å²) in [5.74, 6) is 0.443. The van der Waals surface area contributed by atoms with Gasteiger partial charge in [0.15, 0.2) is 0 Å². The van der Waals surface area contributed by atoms with Gasteiger partial charge < -0.3 is 14.6 Å². The molecule has 0 bridgehead atoms. The predicted octanol–water partition coefficient (Wildman–Crippen LogP) is 2.79. The minimum Gasteiger partial charge on any atom is -0.481 e. The normalized spacial score (nSPS) is 14.1. The molecule has 1 N–H and O–H groups in total. The molecule has 0 saturated heterocycles. The van der Waals surface area contributed by atoms with Gasteiger partial charge in [-0.15, -0.1) is 0 Å². The van der Waals surface area contributed by atoms with Gasteiger partial charge in [-0.2, -0.15) is 0 Å². The number of hydrogen-bond donors (Lipinski definition) is 1. The number of carbonyl (C=O) groups excluding carboxylic acids is 1. The van der Waals surface area contributed by atoms with E-state index in [4.69, 9.17) is 4.74 Å². The molecule has 20 heavy (non-hydrogen) atoms. The summed E-state index contributed by atoms with van der Waals surface area (Å²) in [7, 11) is 1.57. The van der Waals surface area contributed by atoms with Gasteiger partial charge in [-0.05, 0) is 38.0 Å². The first-order valence-electron chi connectivity index (χ1n) is 6.69. The van der Waals surface area contributed by atoms with E-state index in [1.165, 1.54) is 0 Å². The Balaban J connectivity index is 1.80. The van der Waals surface area contributed by atoms with Crippen molar-refractivity contribution in [1.82, 2.24) is 9.55 Å². The monoisotopic (exact) mass is 271 g/mol. The van der Waals surface area contributed by atoms with Crippen molar-refractivity contribution in [1.29, 1.82) is 0 Å². The van der Waals surface area contributed by atoms with Crippen LogP contribution in [0.15, 0.2) is 30.5 Å². The summed E-state index contributed by atoms with van der Waals surface area (Å²) in [4.78, 5) is 16.6. The summed E-state index contributed by atoms with van der Waals surface area (Å²) >= 11 is 0. The molecule has 3 rings (SSSR count). The smallest absolute Gasteiger partial charge is 0.272 e. The molecule has 5 heteroatoms. The second-order valence-corrected chi connectivity index (χ2v) is 4.97. The lowest BCUT2D eigenvalue weighted by molar-refractivity contribution is 0.101. The molecule has 1 fully saturated rings. The van der Waals surface area contributed by atoms with E-state index in [-0.39, 0.29) is 5.91 Å². The molecule has 104 valence electrons. The molecule has 0 spiro atoms. The second-order valence-electron chi connectivity index (χ2n) is 4.97. The van der Waals surface area contributed by atoms with E-state index in [2.05, 4.69) is 10.3 Å². The van der Waals surface area contributed by atoms with Gasteiger partial charge in [-0.3, -0.25) is 4.79 Å². The molecule has 0 atom stereocenters. The Morgan fingerprint density at radius 1 is 1.40 bits per heavy atom. The standard InChI is InChI=1S/C15H17N3O2/c1-10-12(7-8-14(16-10)20-2)17-15(19)13-4-3-9-18(13)11-5-6-11/h3-4,7-9,11H,5-6H2,1-2H3,(H,17,19). The Labute approximate surface area is 117 Å². The van der Waals surface area contributed by atoms with Gasteiger partial charge in [0.25, 0.3) is 5.91 Å². The van der Waals surface area contributed by atoms with Crippen LogP contribution in [0.2, 0.25) is 0 Å². The fourth-order valence-electron chi connectivity index (χ4n) is 2.23. The van der Waals surface area contributed by atoms with Crippen LogP contribution in [0, 0.1) is 6.92 Å². The quantitative estimate of drug-likeness (QED) is 0.930. The lowest BCUT2D eigenvalue weighted by Crippen LogP contribution is -2.17. The van der Waals surface area contributed by atoms with Crippen LogP contribution in [0.3, 0.4) is 0 Å². The maximum atomic E-state index is 12.3. The van der Waals surface area contributed by atoms with Crippen LogP contribution in [0.25, 0.3) is 0 Å². The molecule has 1 aliphatic rings. The number of nitrogens with one attached hydrogen (secondary N) is 1. The van der Waals surface area contributed by atoms with Gasteiger partial charge in [-0.1, -0.05) is 0 Å². The molecule has 1 aliphatic carbocycles. The van der Waals surface area contributed by atoms with E-state index >= 15 is 0 Å². The lowest BCUT2D eigenvalue weighted by Gasteiger charge is -2.11. The fraction of sp³-hybridized carbons (Fsp3) is 0.333. The minimum absolute atomic E-state index is 0.100. The number of aromatic nitrogens is 2. The Morgan fingerprint density at radius 3 is 2.85 bits per heavy atom. The number of methoxy groups -OCH3 is 1. The van der Waals surface area contributed by atoms with Crippen LogP contribution in [-0.4, -0.2) is 22.6 Å². The van der Waals surface area contributed by atoms with Crippen molar-refractivity contribution in [2.75, 3.05) is 12.4 Å². The van der Waals surface area contributed by atoms with Crippen LogP contribution >= 0.6 is 0 Å². The molecule has 1 amide bonds. The fourth-order valence-corrected chi connectivity index (χ4v) is 2.23. The average Bonchev–Trinajstić information content (AvgIpc) is 3.18. The topological polar surface area (TPSA) is 56.1 Å². The van der Waals surface area contributed by atoms with Crippen molar-refractivity contribution in [3.63, 3.8) is 0 Å². The van der Waals surface area contributed by atoms with E-state index in [0.717, 1.165) is 18.5 Å². The number of anilines is 1. The van der Waals surface area contributed by atoms with Crippen molar-refractivity contribution in [3.8, 4) is 5.88 Å². The maximum absolute atomic E-state index is 12.3. The lowest BCUT2D eigenvalue weighted by atomic mass is 10.3. The number of aryl methyl sites for hydroxylation is 1. The van der Waals surface area contributed by atoms with Crippen molar-refractivity contribution >= 4 is 11.6 Å². The Kier molecular flexibility index (Phi) is 3.18. The van der Waals surface area contributed by atoms with Gasteiger partial charge in [-0.25, -0.2) is 4.98 Å². The number of rotatable bonds is 4. The number of carbonyl (C=O) groups is 1. The van der Waals surface area contributed by atoms with E-state index in [9.17, 15) is 4.79 Å². The van der Waals surface area contributed by atoms with Crippen LogP contribution < -0.4 is 10.1 Å². The van der Waals surface area contributed by atoms with Crippen molar-refractivity contribution in [2.45, 2.75) is 25.8 Å². The molecule has 0 aromatic carbocycles. The first-order valence-corrected chi connectivity index (χ1v) is 6.69. The summed E-state index contributed by atoms with van der Waals surface area (Å²) in [6.45, 7) is 1.85. The van der Waals surface area contributed by atoms with Crippen LogP contribution in [0.1, 0.15) is 35.1 Å². The number of hydrogen-bond acceptors (Lipinski definition) is 3. The Hall–Kier alpha value is -2.30. The second kappa shape index (κ2) is 5.00. The summed E-state index contributed by atoms with van der Waals surface area (Å²) in [6.07, 6.45) is 4.27. The largest absolute Gasteiger partial charge is 0.481 e. The first-order chi connectivity index (χ1) is 9.69. The number of nitrogens with zero attached hydrogens (tertiary/aromatic N) is 2. The highest BCUT2D eigenvalue weighted by Gasteiger charge is 2.26. The van der Waals surface area contributed by atoms with Gasteiger partial charge in [0.05, 0.1) is 18.5 Å². The van der Waals surface area contributed by atoms with E-state index in [1.54, 1.807) is 13.2 Å². The third-order valence-corrected chi connectivity index (χ3v) is 3.47. The summed E-state index contributed by atoms with van der Waals surface area (Å²) in [6, 6.07) is 7.79. The van der Waals surface area contributed by atoms with Gasteiger partial charge in [0, 0.05) is 18.3 Å². The van der Waals surface area contributed by atoms with Crippen molar-refractivity contribution in [3.05, 3.63) is 41.9 Å². The SMILES string of the molecule is COc1ccc(NC(=O)c2cccn2C2CC2)c(C)n1. The zero-order valence-corrected chi connectivity index (χ0v) is 11.6. The first kappa shape index (κ1) is 12.7. The third-order valence-electron chi connectivity index (χ3n) is 3.47. The molecule has 0 radical (unpaired) electrons. The number of ether oxygens (including phenoxy) is 1. The number of amides is 1. The summed E-state index contributed by atoms with van der Waals surface area (Å²) in [5, 5.41) is 2.91. The highest BCUT2D eigenvalue weighted by molar-refractivity contribution is 6.03. The van der Waals surface area contributed by atoms with Gasteiger partial charge >= 0.3 is 0 Å². The maximum Gasteiger partial charge on any atom is 0.272 e.